The number of aromatic carboxylic acids is 1. The number of hydrogen-bond donors (Lipinski definition) is 2. The van der Waals surface area contributed by atoms with Crippen LogP contribution in [0.3, 0.4) is 0 Å². The first kappa shape index (κ1) is 15.1. The van der Waals surface area contributed by atoms with E-state index in [9.17, 15) is 14.7 Å². The molecule has 0 fully saturated rings. The second-order valence-electron chi connectivity index (χ2n) is 4.44. The van der Waals surface area contributed by atoms with Crippen molar-refractivity contribution < 1.29 is 14.7 Å². The van der Waals surface area contributed by atoms with Crippen LogP contribution in [-0.2, 0) is 0 Å². The average molecular weight is 308 g/mol. The molecule has 1 aromatic heterocycles. The number of aromatic nitrogens is 2. The molecule has 7 heteroatoms. The van der Waals surface area contributed by atoms with Crippen molar-refractivity contribution in [2.24, 2.45) is 0 Å². The fourth-order valence-corrected chi connectivity index (χ4v) is 2.33. The van der Waals surface area contributed by atoms with Crippen LogP contribution in [0.25, 0.3) is 0 Å². The van der Waals surface area contributed by atoms with Crippen LogP contribution in [0.1, 0.15) is 39.5 Å². The summed E-state index contributed by atoms with van der Waals surface area (Å²) in [6.45, 7) is 1.77. The molecule has 2 rings (SSSR count). The van der Waals surface area contributed by atoms with E-state index >= 15 is 0 Å². The molecule has 0 saturated heterocycles. The molecule has 1 atom stereocenters. The molecule has 1 unspecified atom stereocenters. The molecular formula is C14H14ClN3O3. The van der Waals surface area contributed by atoms with Crippen molar-refractivity contribution in [2.45, 2.75) is 13.0 Å². The maximum absolute atomic E-state index is 11.6. The first-order chi connectivity index (χ1) is 9.95. The van der Waals surface area contributed by atoms with E-state index in [4.69, 9.17) is 11.6 Å². The molecule has 110 valence electrons. The predicted molar refractivity (Wildman–Crippen MR) is 77.8 cm³/mol. The molecule has 1 amide bonds. The largest absolute Gasteiger partial charge is 0.477 e. The Balaban J connectivity index is 2.52. The Labute approximate surface area is 126 Å². The van der Waals surface area contributed by atoms with Crippen molar-refractivity contribution in [3.8, 4) is 0 Å². The van der Waals surface area contributed by atoms with Gasteiger partial charge in [-0.15, -0.1) is 0 Å². The highest BCUT2D eigenvalue weighted by Crippen LogP contribution is 2.26. The number of carboxylic acid groups (broad SMARTS) is 1. The zero-order valence-electron chi connectivity index (χ0n) is 11.5. The topological polar surface area (TPSA) is 84.2 Å². The fraction of sp³-hybridized carbons (Fsp3) is 0.214. The van der Waals surface area contributed by atoms with E-state index in [1.54, 1.807) is 31.2 Å². The lowest BCUT2D eigenvalue weighted by Crippen LogP contribution is -2.19. The molecule has 0 aliphatic carbocycles. The summed E-state index contributed by atoms with van der Waals surface area (Å²) in [4.78, 5) is 23.0. The summed E-state index contributed by atoms with van der Waals surface area (Å²) in [6, 6.07) is 7.94. The number of nitrogens with one attached hydrogen (secondary N) is 1. The third-order valence-electron chi connectivity index (χ3n) is 3.14. The van der Waals surface area contributed by atoms with E-state index in [2.05, 4.69) is 10.4 Å². The lowest BCUT2D eigenvalue weighted by molar-refractivity contribution is 0.0681. The summed E-state index contributed by atoms with van der Waals surface area (Å²) >= 11 is 6.13. The Morgan fingerprint density at radius 1 is 1.38 bits per heavy atom. The highest BCUT2D eigenvalue weighted by Gasteiger charge is 2.23. The van der Waals surface area contributed by atoms with Gasteiger partial charge >= 0.3 is 5.97 Å². The van der Waals surface area contributed by atoms with Gasteiger partial charge in [-0.05, 0) is 18.6 Å². The minimum Gasteiger partial charge on any atom is -0.477 e. The molecule has 6 nitrogen and oxygen atoms in total. The van der Waals surface area contributed by atoms with E-state index in [1.807, 2.05) is 0 Å². The van der Waals surface area contributed by atoms with Crippen LogP contribution < -0.4 is 5.32 Å². The van der Waals surface area contributed by atoms with Crippen LogP contribution in [0.4, 0.5) is 0 Å². The zero-order valence-corrected chi connectivity index (χ0v) is 12.3. The average Bonchev–Trinajstić information content (AvgIpc) is 2.91. The van der Waals surface area contributed by atoms with Gasteiger partial charge in [0, 0.05) is 18.1 Å². The van der Waals surface area contributed by atoms with Crippen LogP contribution in [0.2, 0.25) is 5.02 Å². The Morgan fingerprint density at radius 2 is 2.05 bits per heavy atom. The quantitative estimate of drug-likeness (QED) is 0.907. The first-order valence-corrected chi connectivity index (χ1v) is 6.62. The molecule has 2 aromatic rings. The van der Waals surface area contributed by atoms with E-state index in [-0.39, 0.29) is 11.4 Å². The molecular weight excluding hydrogens is 294 g/mol. The maximum Gasteiger partial charge on any atom is 0.354 e. The predicted octanol–water partition coefficient (Wildman–Crippen LogP) is 2.20. The van der Waals surface area contributed by atoms with Crippen LogP contribution >= 0.6 is 11.6 Å². The van der Waals surface area contributed by atoms with Gasteiger partial charge < -0.3 is 10.4 Å². The summed E-state index contributed by atoms with van der Waals surface area (Å²) in [5.41, 5.74) is 0.711. The summed E-state index contributed by atoms with van der Waals surface area (Å²) in [5, 5.41) is 16.3. The van der Waals surface area contributed by atoms with Crippen molar-refractivity contribution in [3.05, 3.63) is 52.3 Å². The molecule has 0 bridgehead atoms. The lowest BCUT2D eigenvalue weighted by atomic mass is 10.1. The number of hydrogen-bond acceptors (Lipinski definition) is 3. The SMILES string of the molecule is CNC(=O)c1cc(C(=O)O)n(C(C)c2ccccc2Cl)n1. The van der Waals surface area contributed by atoms with Crippen molar-refractivity contribution in [1.82, 2.24) is 15.1 Å². The van der Waals surface area contributed by atoms with Gasteiger partial charge in [0.1, 0.15) is 5.69 Å². The smallest absolute Gasteiger partial charge is 0.354 e. The number of nitrogens with zero attached hydrogens (tertiary/aromatic N) is 2. The van der Waals surface area contributed by atoms with E-state index < -0.39 is 17.9 Å². The fourth-order valence-electron chi connectivity index (χ4n) is 2.03. The van der Waals surface area contributed by atoms with Gasteiger partial charge in [0.25, 0.3) is 5.91 Å². The number of carbonyl (C=O) groups excluding carboxylic acids is 1. The molecule has 1 aromatic carbocycles. The number of amides is 1. The number of rotatable bonds is 4. The van der Waals surface area contributed by atoms with Gasteiger partial charge in [0.15, 0.2) is 5.69 Å². The summed E-state index contributed by atoms with van der Waals surface area (Å²) in [6.07, 6.45) is 0. The van der Waals surface area contributed by atoms with Crippen LogP contribution in [-0.4, -0.2) is 33.8 Å². The normalized spacial score (nSPS) is 12.0. The van der Waals surface area contributed by atoms with Crippen molar-refractivity contribution in [2.75, 3.05) is 7.05 Å². The van der Waals surface area contributed by atoms with Gasteiger partial charge in [-0.25, -0.2) is 4.79 Å². The highest BCUT2D eigenvalue weighted by molar-refractivity contribution is 6.31. The maximum atomic E-state index is 11.6. The molecule has 0 aliphatic heterocycles. The minimum absolute atomic E-state index is 0.0498. The Kier molecular flexibility index (Phi) is 4.28. The van der Waals surface area contributed by atoms with Gasteiger partial charge in [-0.3, -0.25) is 9.48 Å². The second-order valence-corrected chi connectivity index (χ2v) is 4.85. The summed E-state index contributed by atoms with van der Waals surface area (Å²) < 4.78 is 1.29. The summed E-state index contributed by atoms with van der Waals surface area (Å²) in [5.74, 6) is -1.60. The third-order valence-corrected chi connectivity index (χ3v) is 3.48. The van der Waals surface area contributed by atoms with Crippen LogP contribution in [0.15, 0.2) is 30.3 Å². The van der Waals surface area contributed by atoms with Gasteiger partial charge in [0.05, 0.1) is 6.04 Å². The number of halogens is 1. The minimum atomic E-state index is -1.16. The lowest BCUT2D eigenvalue weighted by Gasteiger charge is -2.15. The van der Waals surface area contributed by atoms with Crippen molar-refractivity contribution in [1.29, 1.82) is 0 Å². The molecule has 0 spiro atoms. The number of benzene rings is 1. The molecule has 2 N–H and O–H groups in total. The van der Waals surface area contributed by atoms with E-state index in [0.29, 0.717) is 5.02 Å². The van der Waals surface area contributed by atoms with E-state index in [1.165, 1.54) is 17.8 Å². The molecule has 21 heavy (non-hydrogen) atoms. The van der Waals surface area contributed by atoms with Crippen LogP contribution in [0, 0.1) is 0 Å². The molecule has 0 aliphatic rings. The Hall–Kier alpha value is -2.34. The van der Waals surface area contributed by atoms with Gasteiger partial charge in [-0.2, -0.15) is 5.10 Å². The van der Waals surface area contributed by atoms with E-state index in [0.717, 1.165) is 5.56 Å². The van der Waals surface area contributed by atoms with Crippen LogP contribution in [0.5, 0.6) is 0 Å². The Bertz CT molecular complexity index is 697. The molecule has 0 saturated carbocycles. The number of carboxylic acids is 1. The second kappa shape index (κ2) is 5.97. The third kappa shape index (κ3) is 2.90. The summed E-state index contributed by atoms with van der Waals surface area (Å²) in [7, 11) is 1.46. The highest BCUT2D eigenvalue weighted by atomic mass is 35.5. The standard InChI is InChI=1S/C14H14ClN3O3/c1-8(9-5-3-4-6-10(9)15)18-12(14(20)21)7-11(17-18)13(19)16-2/h3-8H,1-2H3,(H,16,19)(H,20,21). The first-order valence-electron chi connectivity index (χ1n) is 6.25. The van der Waals surface area contributed by atoms with Gasteiger partial charge in [-0.1, -0.05) is 29.8 Å². The van der Waals surface area contributed by atoms with Crippen molar-refractivity contribution >= 4 is 23.5 Å². The number of carbonyl (C=O) groups is 2. The zero-order chi connectivity index (χ0) is 15.6. The van der Waals surface area contributed by atoms with Gasteiger partial charge in [0.2, 0.25) is 0 Å². The molecule has 1 heterocycles. The monoisotopic (exact) mass is 307 g/mol. The van der Waals surface area contributed by atoms with Crippen molar-refractivity contribution in [3.63, 3.8) is 0 Å². The molecule has 0 radical (unpaired) electrons. The Morgan fingerprint density at radius 3 is 2.62 bits per heavy atom.